The minimum Gasteiger partial charge on any atom is -0.496 e. The van der Waals surface area contributed by atoms with Crippen molar-refractivity contribution in [3.05, 3.63) is 161 Å². The maximum absolute atomic E-state index is 18.3. The summed E-state index contributed by atoms with van der Waals surface area (Å²) in [6, 6.07) is 42.1. The molecule has 8 nitrogen and oxygen atoms in total. The number of nitriles is 1. The number of benzene rings is 6. The van der Waals surface area contributed by atoms with E-state index in [1.165, 1.54) is 15.0 Å². The molecular weight excluding hydrogens is 837 g/mol. The smallest absolute Gasteiger partial charge is 0.496 e. The Balaban J connectivity index is 1.14. The molecule has 0 spiro atoms. The predicted molar refractivity (Wildman–Crippen MR) is 256 cm³/mol. The first kappa shape index (κ1) is 41.6. The Bertz CT molecular complexity index is 3260. The second-order valence-corrected chi connectivity index (χ2v) is 17.4. The minimum atomic E-state index is -4.54. The number of para-hydroxylation sites is 2. The molecule has 0 unspecified atom stereocenters. The molecule has 0 bridgehead atoms. The zero-order chi connectivity index (χ0) is 45.0. The molecule has 1 N–H and O–H groups in total. The molecule has 0 radical (unpaired) electrons. The summed E-state index contributed by atoms with van der Waals surface area (Å²) in [5.74, 6) is -0.302. The monoisotopic (exact) mass is 880 g/mol. The maximum Gasteiger partial charge on any atom is 0.737 e. The highest BCUT2D eigenvalue weighted by Crippen LogP contribution is 2.52. The zero-order valence-electron chi connectivity index (χ0n) is 36.0. The quantitative estimate of drug-likeness (QED) is 0.0566. The average Bonchev–Trinajstić information content (AvgIpc) is 3.85. The molecule has 3 aliphatic rings. The highest BCUT2D eigenvalue weighted by atomic mass is 32.2. The number of ether oxygens (including phenoxy) is 2. The summed E-state index contributed by atoms with van der Waals surface area (Å²) in [7, 11) is 3.11. The highest BCUT2D eigenvalue weighted by Gasteiger charge is 2.56. The number of unbranched alkanes of at least 4 members (excludes halogenated alkanes) is 3. The second-order valence-electron chi connectivity index (χ2n) is 16.3. The van der Waals surface area contributed by atoms with Gasteiger partial charge in [0.05, 0.1) is 42.3 Å². The third-order valence-corrected chi connectivity index (χ3v) is 13.7. The van der Waals surface area contributed by atoms with E-state index in [1.807, 2.05) is 103 Å². The topological polar surface area (TPSA) is 90.7 Å². The molecule has 0 saturated carbocycles. The fraction of sp³-hybridized carbons (Fsp3) is 0.151. The summed E-state index contributed by atoms with van der Waals surface area (Å²) in [5.41, 5.74) is 8.14. The molecule has 1 aromatic heterocycles. The van der Waals surface area contributed by atoms with Gasteiger partial charge in [0.1, 0.15) is 23.1 Å². The summed E-state index contributed by atoms with van der Waals surface area (Å²) >= 11 is 1.59. The number of halogens is 2. The van der Waals surface area contributed by atoms with Crippen LogP contribution in [-0.2, 0) is 4.79 Å². The molecule has 322 valence electrons. The summed E-state index contributed by atoms with van der Waals surface area (Å²) in [6.07, 6.45) is 7.62. The van der Waals surface area contributed by atoms with Gasteiger partial charge in [-0.1, -0.05) is 105 Å². The summed E-state index contributed by atoms with van der Waals surface area (Å²) in [6.45, 7) is -1.56. The summed E-state index contributed by atoms with van der Waals surface area (Å²) < 4.78 is 50.7. The fourth-order valence-corrected chi connectivity index (χ4v) is 10.8. The number of aromatic nitrogens is 1. The maximum atomic E-state index is 18.3. The van der Waals surface area contributed by atoms with Gasteiger partial charge in [0.15, 0.2) is 11.4 Å². The number of carboxylic acid groups (broad SMARTS) is 1. The molecular formula is C53H43BF2N4O4S. The van der Waals surface area contributed by atoms with Crippen LogP contribution in [-0.4, -0.2) is 53.5 Å². The van der Waals surface area contributed by atoms with Gasteiger partial charge in [0.25, 0.3) is 0 Å². The third kappa shape index (κ3) is 6.89. The van der Waals surface area contributed by atoms with Gasteiger partial charge in [0.2, 0.25) is 0 Å². The van der Waals surface area contributed by atoms with E-state index in [9.17, 15) is 15.2 Å². The zero-order valence-corrected chi connectivity index (χ0v) is 36.8. The second kappa shape index (κ2) is 16.6. The Morgan fingerprint density at radius 1 is 0.769 bits per heavy atom. The van der Waals surface area contributed by atoms with Crippen LogP contribution in [0.5, 0.6) is 11.5 Å². The van der Waals surface area contributed by atoms with Gasteiger partial charge in [-0.2, -0.15) is 5.26 Å². The van der Waals surface area contributed by atoms with Gasteiger partial charge >= 0.3 is 12.9 Å². The molecule has 6 aromatic carbocycles. The predicted octanol–water partition coefficient (Wildman–Crippen LogP) is 12.8. The van der Waals surface area contributed by atoms with Crippen molar-refractivity contribution >= 4 is 70.4 Å². The van der Waals surface area contributed by atoms with E-state index in [1.54, 1.807) is 44.2 Å². The van der Waals surface area contributed by atoms with Gasteiger partial charge in [0, 0.05) is 50.1 Å². The van der Waals surface area contributed by atoms with E-state index in [2.05, 4.69) is 30.0 Å². The molecule has 3 aliphatic heterocycles. The van der Waals surface area contributed by atoms with Crippen LogP contribution in [0.4, 0.5) is 20.0 Å². The lowest BCUT2D eigenvalue weighted by Gasteiger charge is -2.33. The van der Waals surface area contributed by atoms with Crippen molar-refractivity contribution in [1.29, 1.82) is 5.26 Å². The molecule has 7 aromatic rings. The van der Waals surface area contributed by atoms with Gasteiger partial charge in [-0.15, -0.1) is 0 Å². The van der Waals surface area contributed by atoms with Crippen LogP contribution in [0.15, 0.2) is 143 Å². The van der Waals surface area contributed by atoms with Gasteiger partial charge < -0.3 is 37.1 Å². The Kier molecular flexibility index (Phi) is 10.7. The van der Waals surface area contributed by atoms with Crippen LogP contribution in [0.2, 0.25) is 0 Å². The lowest BCUT2D eigenvalue weighted by Crippen LogP contribution is -2.50. The van der Waals surface area contributed by atoms with E-state index in [4.69, 9.17) is 9.47 Å². The van der Waals surface area contributed by atoms with Crippen molar-refractivity contribution in [2.45, 2.75) is 42.4 Å². The molecule has 0 amide bonds. The number of anilines is 2. The first-order valence-electron chi connectivity index (χ1n) is 21.7. The van der Waals surface area contributed by atoms with Crippen LogP contribution in [0.3, 0.4) is 0 Å². The molecule has 0 atom stereocenters. The highest BCUT2D eigenvalue weighted by molar-refractivity contribution is 7.99. The third-order valence-electron chi connectivity index (χ3n) is 12.6. The first-order valence-corrected chi connectivity index (χ1v) is 22.5. The van der Waals surface area contributed by atoms with Crippen molar-refractivity contribution in [2.75, 3.05) is 25.7 Å². The number of nitrogens with zero attached hydrogens (tertiary/aromatic N) is 4. The Morgan fingerprint density at radius 2 is 1.42 bits per heavy atom. The molecule has 0 aliphatic carbocycles. The Hall–Kier alpha value is -7.36. The Labute approximate surface area is 380 Å². The number of rotatable bonds is 12. The normalized spacial score (nSPS) is 14.5. The fourth-order valence-electron chi connectivity index (χ4n) is 9.65. The molecule has 4 heterocycles. The molecule has 10 rings (SSSR count). The largest absolute Gasteiger partial charge is 0.737 e. The molecule has 12 heteroatoms. The van der Waals surface area contributed by atoms with Crippen LogP contribution >= 0.6 is 11.8 Å². The SMILES string of the molecule is CCCCCCN1c2ccc(/C=C(/C#N)C(=O)O)cc2Sc2cc(-c3ccc4c(c3)C(c3ccccc3OC)=[N+]3C4=Cc4c5ccccc5c(-c5ccccc5OC)n4[B-]3(F)F)ccc21. The van der Waals surface area contributed by atoms with Crippen LogP contribution < -0.4 is 14.4 Å². The lowest BCUT2D eigenvalue weighted by atomic mass is 9.88. The minimum absolute atomic E-state index is 0.338. The van der Waals surface area contributed by atoms with Crippen LogP contribution in [0.25, 0.3) is 51.0 Å². The number of carbonyl (C=O) groups is 1. The van der Waals surface area contributed by atoms with Gasteiger partial charge in [-0.25, -0.2) is 4.79 Å². The van der Waals surface area contributed by atoms with Crippen molar-refractivity contribution in [3.63, 3.8) is 0 Å². The lowest BCUT2D eigenvalue weighted by molar-refractivity contribution is -0.316. The van der Waals surface area contributed by atoms with E-state index in [0.29, 0.717) is 72.9 Å². The molecule has 0 saturated heterocycles. The molecule has 65 heavy (non-hydrogen) atoms. The van der Waals surface area contributed by atoms with Gasteiger partial charge in [-0.05, 0) is 89.9 Å². The number of hydrogen-bond donors (Lipinski definition) is 1. The average molecular weight is 881 g/mol. The Morgan fingerprint density at radius 3 is 2.14 bits per heavy atom. The van der Waals surface area contributed by atoms with Crippen molar-refractivity contribution in [1.82, 2.24) is 4.48 Å². The van der Waals surface area contributed by atoms with Crippen molar-refractivity contribution < 1.29 is 32.5 Å². The van der Waals surface area contributed by atoms with E-state index in [-0.39, 0.29) is 5.57 Å². The number of methoxy groups -OCH3 is 2. The van der Waals surface area contributed by atoms with Crippen LogP contribution in [0, 0.1) is 11.3 Å². The van der Waals surface area contributed by atoms with Crippen molar-refractivity contribution in [3.8, 4) is 40.0 Å². The molecule has 0 fully saturated rings. The van der Waals surface area contributed by atoms with E-state index >= 15 is 8.63 Å². The number of carboxylic acids is 1. The summed E-state index contributed by atoms with van der Waals surface area (Å²) in [5, 5.41) is 20.5. The van der Waals surface area contributed by atoms with E-state index < -0.39 is 12.9 Å². The summed E-state index contributed by atoms with van der Waals surface area (Å²) in [4.78, 5) is 16.0. The number of fused-ring (bicyclic) bond motifs is 8. The van der Waals surface area contributed by atoms with Crippen molar-refractivity contribution in [2.24, 2.45) is 0 Å². The standard InChI is InChI=1S/C53H43BF2N4O4S/c1-4-5-6-13-26-58-43-24-20-33(27-36(32-57)53(61)62)28-49(43)65-50-30-35(22-25-44(50)58)34-21-23-38-42(29-34)52(41-17-10-12-19-48(41)64-3)60-46(38)31-45-37-14-7-8-15-39(37)51(59(45)54(60,55)56)40-16-9-11-18-47(40)63-2/h7-12,14-25,27-31H,4-6,13,26H2,1-3H3,(H,61,62)/b36-27-. The number of hydrogen-bond acceptors (Lipinski definition) is 6. The van der Waals surface area contributed by atoms with Gasteiger partial charge in [-0.3, -0.25) is 0 Å². The van der Waals surface area contributed by atoms with Crippen LogP contribution in [0.1, 0.15) is 60.6 Å². The first-order chi connectivity index (χ1) is 31.7. The number of aliphatic carboxylic acids is 1. The van der Waals surface area contributed by atoms with E-state index in [0.717, 1.165) is 64.5 Å².